The maximum absolute atomic E-state index is 13.7. The lowest BCUT2D eigenvalue weighted by molar-refractivity contribution is -0.117. The standard InChI is InChI=1S/C21H25FN4O.HI/c1-2-23-21(24-13-11-16-7-3-5-9-18(16)22)25-15-20(27)26-14-12-17-8-4-6-10-19(17)26;/h3-10H,2,11-15H2,1H3,(H2,23,24,25);1H. The Bertz CT molecular complexity index is 828. The van der Waals surface area contributed by atoms with Gasteiger partial charge in [0.25, 0.3) is 0 Å². The van der Waals surface area contributed by atoms with Crippen LogP contribution in [0.15, 0.2) is 53.5 Å². The first-order valence-corrected chi connectivity index (χ1v) is 9.33. The van der Waals surface area contributed by atoms with Gasteiger partial charge in [-0.05, 0) is 43.0 Å². The second kappa shape index (κ2) is 11.0. The van der Waals surface area contributed by atoms with E-state index in [9.17, 15) is 9.18 Å². The quantitative estimate of drug-likeness (QED) is 0.367. The Hall–Kier alpha value is -2.16. The molecule has 0 spiro atoms. The number of amides is 1. The van der Waals surface area contributed by atoms with Crippen molar-refractivity contribution in [2.75, 3.05) is 31.1 Å². The summed E-state index contributed by atoms with van der Waals surface area (Å²) < 4.78 is 13.7. The molecule has 0 aromatic heterocycles. The second-order valence-electron chi connectivity index (χ2n) is 6.39. The van der Waals surface area contributed by atoms with Gasteiger partial charge in [-0.25, -0.2) is 9.38 Å². The molecule has 150 valence electrons. The zero-order valence-electron chi connectivity index (χ0n) is 16.0. The average molecular weight is 496 g/mol. The van der Waals surface area contributed by atoms with Crippen molar-refractivity contribution in [1.29, 1.82) is 0 Å². The van der Waals surface area contributed by atoms with Crippen LogP contribution in [0, 0.1) is 5.82 Å². The summed E-state index contributed by atoms with van der Waals surface area (Å²) in [5.41, 5.74) is 2.84. The zero-order valence-corrected chi connectivity index (χ0v) is 18.3. The van der Waals surface area contributed by atoms with Crippen LogP contribution in [0.1, 0.15) is 18.1 Å². The van der Waals surface area contributed by atoms with E-state index < -0.39 is 0 Å². The summed E-state index contributed by atoms with van der Waals surface area (Å²) in [5.74, 6) is 0.338. The number of hydrogen-bond donors (Lipinski definition) is 2. The molecule has 1 aliphatic rings. The van der Waals surface area contributed by atoms with Gasteiger partial charge in [-0.15, -0.1) is 24.0 Å². The molecule has 0 radical (unpaired) electrons. The lowest BCUT2D eigenvalue weighted by Gasteiger charge is -2.17. The van der Waals surface area contributed by atoms with Crippen LogP contribution in [-0.2, 0) is 17.6 Å². The van der Waals surface area contributed by atoms with Crippen molar-refractivity contribution in [3.05, 3.63) is 65.5 Å². The zero-order chi connectivity index (χ0) is 19.1. The first-order valence-electron chi connectivity index (χ1n) is 9.33. The molecule has 5 nitrogen and oxygen atoms in total. The van der Waals surface area contributed by atoms with Crippen molar-refractivity contribution in [1.82, 2.24) is 10.6 Å². The first-order chi connectivity index (χ1) is 13.2. The number of guanidine groups is 1. The fourth-order valence-corrected chi connectivity index (χ4v) is 3.19. The number of anilines is 1. The van der Waals surface area contributed by atoms with Gasteiger partial charge >= 0.3 is 0 Å². The number of carbonyl (C=O) groups excluding carboxylic acids is 1. The number of rotatable bonds is 6. The largest absolute Gasteiger partial charge is 0.357 e. The van der Waals surface area contributed by atoms with Crippen LogP contribution in [-0.4, -0.2) is 38.0 Å². The highest BCUT2D eigenvalue weighted by Crippen LogP contribution is 2.27. The van der Waals surface area contributed by atoms with E-state index >= 15 is 0 Å². The number of halogens is 2. The Morgan fingerprint density at radius 3 is 2.68 bits per heavy atom. The van der Waals surface area contributed by atoms with Crippen molar-refractivity contribution in [2.24, 2.45) is 4.99 Å². The van der Waals surface area contributed by atoms with Gasteiger partial charge in [0.2, 0.25) is 5.91 Å². The number of carbonyl (C=O) groups is 1. The molecular weight excluding hydrogens is 470 g/mol. The summed E-state index contributed by atoms with van der Waals surface area (Å²) in [5, 5.41) is 6.29. The highest BCUT2D eigenvalue weighted by molar-refractivity contribution is 14.0. The molecule has 3 rings (SSSR count). The Labute approximate surface area is 182 Å². The summed E-state index contributed by atoms with van der Waals surface area (Å²) in [6.45, 7) is 3.96. The van der Waals surface area contributed by atoms with Crippen LogP contribution in [0.5, 0.6) is 0 Å². The van der Waals surface area contributed by atoms with E-state index in [1.807, 2.05) is 31.2 Å². The maximum Gasteiger partial charge on any atom is 0.248 e. The third-order valence-electron chi connectivity index (χ3n) is 4.55. The molecule has 0 aliphatic carbocycles. The van der Waals surface area contributed by atoms with Crippen LogP contribution < -0.4 is 15.5 Å². The van der Waals surface area contributed by atoms with E-state index in [1.165, 1.54) is 11.6 Å². The maximum atomic E-state index is 13.7. The number of nitrogens with one attached hydrogen (secondary N) is 2. The second-order valence-corrected chi connectivity index (χ2v) is 6.39. The lowest BCUT2D eigenvalue weighted by Crippen LogP contribution is -2.40. The van der Waals surface area contributed by atoms with Crippen molar-refractivity contribution < 1.29 is 9.18 Å². The van der Waals surface area contributed by atoms with Crippen LogP contribution in [0.4, 0.5) is 10.1 Å². The van der Waals surface area contributed by atoms with Crippen LogP contribution in [0.2, 0.25) is 0 Å². The minimum atomic E-state index is -0.205. The molecule has 1 heterocycles. The molecule has 2 N–H and O–H groups in total. The average Bonchev–Trinajstić information content (AvgIpc) is 3.11. The van der Waals surface area contributed by atoms with Crippen molar-refractivity contribution >= 4 is 41.5 Å². The van der Waals surface area contributed by atoms with E-state index in [2.05, 4.69) is 21.7 Å². The van der Waals surface area contributed by atoms with Gasteiger partial charge in [0.05, 0.1) is 0 Å². The molecule has 0 atom stereocenters. The minimum Gasteiger partial charge on any atom is -0.357 e. The van der Waals surface area contributed by atoms with Gasteiger partial charge in [0, 0.05) is 25.3 Å². The van der Waals surface area contributed by atoms with Crippen LogP contribution in [0.3, 0.4) is 0 Å². The fourth-order valence-electron chi connectivity index (χ4n) is 3.19. The predicted molar refractivity (Wildman–Crippen MR) is 122 cm³/mol. The Balaban J connectivity index is 0.00000280. The van der Waals surface area contributed by atoms with Gasteiger partial charge in [-0.3, -0.25) is 4.79 Å². The molecule has 1 amide bonds. The molecule has 7 heteroatoms. The monoisotopic (exact) mass is 496 g/mol. The summed E-state index contributed by atoms with van der Waals surface area (Å²) in [7, 11) is 0. The Morgan fingerprint density at radius 2 is 1.89 bits per heavy atom. The molecule has 2 aromatic rings. The third-order valence-corrected chi connectivity index (χ3v) is 4.55. The number of benzene rings is 2. The molecule has 2 aromatic carbocycles. The van der Waals surface area contributed by atoms with E-state index in [4.69, 9.17) is 0 Å². The van der Waals surface area contributed by atoms with E-state index in [0.29, 0.717) is 37.6 Å². The third kappa shape index (κ3) is 5.67. The van der Waals surface area contributed by atoms with Gasteiger partial charge in [-0.2, -0.15) is 0 Å². The highest BCUT2D eigenvalue weighted by atomic mass is 127. The van der Waals surface area contributed by atoms with Crippen LogP contribution in [0.25, 0.3) is 0 Å². The number of aliphatic imine (C=N–C) groups is 1. The molecule has 0 saturated heterocycles. The van der Waals surface area contributed by atoms with Crippen LogP contribution >= 0.6 is 24.0 Å². The van der Waals surface area contributed by atoms with Gasteiger partial charge < -0.3 is 15.5 Å². The number of para-hydroxylation sites is 1. The lowest BCUT2D eigenvalue weighted by atomic mass is 10.1. The molecule has 28 heavy (non-hydrogen) atoms. The first kappa shape index (κ1) is 22.1. The van der Waals surface area contributed by atoms with E-state index in [0.717, 1.165) is 12.1 Å². The number of fused-ring (bicyclic) bond motifs is 1. The predicted octanol–water partition coefficient (Wildman–Crippen LogP) is 3.13. The summed E-state index contributed by atoms with van der Waals surface area (Å²) in [6.07, 6.45) is 1.43. The van der Waals surface area contributed by atoms with Gasteiger partial charge in [0.1, 0.15) is 12.4 Å². The smallest absolute Gasteiger partial charge is 0.248 e. The molecule has 0 fully saturated rings. The fraction of sp³-hybridized carbons (Fsp3) is 0.333. The number of hydrogen-bond acceptors (Lipinski definition) is 2. The number of nitrogens with zero attached hydrogens (tertiary/aromatic N) is 2. The normalized spacial score (nSPS) is 12.9. The topological polar surface area (TPSA) is 56.7 Å². The molecule has 0 bridgehead atoms. The minimum absolute atomic E-state index is 0. The summed E-state index contributed by atoms with van der Waals surface area (Å²) in [4.78, 5) is 18.8. The molecule has 0 saturated carbocycles. The van der Waals surface area contributed by atoms with Gasteiger partial charge in [-0.1, -0.05) is 36.4 Å². The highest BCUT2D eigenvalue weighted by Gasteiger charge is 2.23. The van der Waals surface area contributed by atoms with Crippen molar-refractivity contribution in [2.45, 2.75) is 19.8 Å². The van der Waals surface area contributed by atoms with Crippen molar-refractivity contribution in [3.8, 4) is 0 Å². The Morgan fingerprint density at radius 1 is 1.14 bits per heavy atom. The molecule has 1 aliphatic heterocycles. The van der Waals surface area contributed by atoms with Gasteiger partial charge in [0.15, 0.2) is 5.96 Å². The summed E-state index contributed by atoms with van der Waals surface area (Å²) in [6, 6.07) is 14.7. The van der Waals surface area contributed by atoms with E-state index in [1.54, 1.807) is 17.0 Å². The molecular formula is C21H26FIN4O. The van der Waals surface area contributed by atoms with E-state index in [-0.39, 0.29) is 42.2 Å². The van der Waals surface area contributed by atoms with Crippen molar-refractivity contribution in [3.63, 3.8) is 0 Å². The summed E-state index contributed by atoms with van der Waals surface area (Å²) >= 11 is 0. The SMILES string of the molecule is CCNC(=NCC(=O)N1CCc2ccccc21)NCCc1ccccc1F.I. The Kier molecular flexibility index (Phi) is 8.69. The molecule has 0 unspecified atom stereocenters.